The van der Waals surface area contributed by atoms with Crippen LogP contribution in [0.15, 0.2) is 0 Å². The highest BCUT2D eigenvalue weighted by atomic mass is 31.2. The van der Waals surface area contributed by atoms with E-state index in [1.54, 1.807) is 0 Å². The molecule has 1 heterocycles. The van der Waals surface area contributed by atoms with Gasteiger partial charge in [0.2, 0.25) is 0 Å². The van der Waals surface area contributed by atoms with Crippen LogP contribution in [0.5, 0.6) is 0 Å². The molecule has 0 N–H and O–H groups in total. The highest BCUT2D eigenvalue weighted by Crippen LogP contribution is 2.54. The van der Waals surface area contributed by atoms with Gasteiger partial charge in [0.15, 0.2) is 0 Å². The van der Waals surface area contributed by atoms with Crippen LogP contribution in [0.2, 0.25) is 0 Å². The van der Waals surface area contributed by atoms with Crippen molar-refractivity contribution in [2.75, 3.05) is 0 Å². The summed E-state index contributed by atoms with van der Waals surface area (Å²) in [5.41, 5.74) is 0. The largest absolute Gasteiger partial charge is 0.505 e. The first-order valence-electron chi connectivity index (χ1n) is 1.49. The van der Waals surface area contributed by atoms with Crippen molar-refractivity contribution in [3.05, 3.63) is 0 Å². The highest BCUT2D eigenvalue weighted by Gasteiger charge is 2.35. The van der Waals surface area contributed by atoms with E-state index in [2.05, 4.69) is 21.4 Å². The van der Waals surface area contributed by atoms with Gasteiger partial charge in [-0.3, -0.25) is 0 Å². The molecule has 1 aliphatic rings. The van der Waals surface area contributed by atoms with E-state index in [1.807, 2.05) is 0 Å². The third kappa shape index (κ3) is 0.888. The zero-order chi connectivity index (χ0) is 5.33. The Morgan fingerprint density at radius 2 is 2.29 bits per heavy atom. The quantitative estimate of drug-likeness (QED) is 0.344. The summed E-state index contributed by atoms with van der Waals surface area (Å²) in [5, 5.41) is 0. The molecular weight excluding hydrogens is 117 g/mol. The van der Waals surface area contributed by atoms with E-state index in [-0.39, 0.29) is 0 Å². The fourth-order valence-electron chi connectivity index (χ4n) is 0.174. The van der Waals surface area contributed by atoms with Crippen LogP contribution in [0.3, 0.4) is 0 Å². The molecule has 0 amide bonds. The van der Waals surface area contributed by atoms with E-state index in [0.717, 1.165) is 7.69 Å². The Labute approximate surface area is 42.5 Å². The van der Waals surface area contributed by atoms with E-state index >= 15 is 0 Å². The minimum absolute atomic E-state index is 0.936. The molecule has 1 aliphatic heterocycles. The van der Waals surface area contributed by atoms with Gasteiger partial charge in [0, 0.05) is 0 Å². The molecule has 0 saturated carbocycles. The number of hydrogen-bond donors (Lipinski definition) is 0. The Bertz CT molecular complexity index is 94.0. The molecule has 0 aromatic rings. The Morgan fingerprint density at radius 1 is 1.71 bits per heavy atom. The van der Waals surface area contributed by atoms with Gasteiger partial charge in [0.1, 0.15) is 0 Å². The van der Waals surface area contributed by atoms with E-state index in [4.69, 9.17) is 0 Å². The molecule has 1 rings (SSSR count). The zero-order valence-corrected chi connectivity index (χ0v) is 4.26. The normalized spacial score (nSPS) is 25.1. The Hall–Kier alpha value is 0.240. The molecule has 1 saturated heterocycles. The Morgan fingerprint density at radius 3 is 2.29 bits per heavy atom. The summed E-state index contributed by atoms with van der Waals surface area (Å²) in [6.07, 6.45) is 0. The molecule has 0 unspecified atom stereocenters. The van der Waals surface area contributed by atoms with Crippen molar-refractivity contribution in [3.63, 3.8) is 0 Å². The van der Waals surface area contributed by atoms with E-state index in [0.29, 0.717) is 0 Å². The number of phosphoric acid groups is 1. The summed E-state index contributed by atoms with van der Waals surface area (Å²) in [6, 6.07) is 0. The second-order valence-corrected chi connectivity index (χ2v) is 2.46. The molecule has 0 aliphatic carbocycles. The summed E-state index contributed by atoms with van der Waals surface area (Å²) >= 11 is 0. The van der Waals surface area contributed by atoms with E-state index in [9.17, 15) is 4.57 Å². The van der Waals surface area contributed by atoms with Crippen LogP contribution in [0.1, 0.15) is 0 Å². The number of hydrogen-bond acceptors (Lipinski definition) is 4. The molecule has 2 radical (unpaired) electrons. The van der Waals surface area contributed by atoms with Crippen molar-refractivity contribution in [2.45, 2.75) is 0 Å². The topological polar surface area (TPSA) is 44.8 Å². The second kappa shape index (κ2) is 1.63. The first kappa shape index (κ1) is 5.38. The summed E-state index contributed by atoms with van der Waals surface area (Å²) in [4.78, 5) is 0. The molecule has 36 valence electrons. The lowest BCUT2D eigenvalue weighted by Gasteiger charge is -2.22. The van der Waals surface area contributed by atoms with Crippen LogP contribution in [-0.2, 0) is 17.9 Å². The predicted octanol–water partition coefficient (Wildman–Crippen LogP) is -0.492. The molecule has 0 atom stereocenters. The average Bonchev–Trinajstić information content (AvgIpc) is 1.61. The summed E-state index contributed by atoms with van der Waals surface area (Å²) < 4.78 is 22.7. The monoisotopic (exact) mass is 118 g/mol. The highest BCUT2D eigenvalue weighted by molar-refractivity contribution is 7.54. The van der Waals surface area contributed by atoms with E-state index in [1.165, 1.54) is 0 Å². The molecule has 0 spiro atoms. The van der Waals surface area contributed by atoms with Crippen LogP contribution in [0, 0.1) is 0 Å². The van der Waals surface area contributed by atoms with Crippen molar-refractivity contribution in [1.82, 2.24) is 0 Å². The molecule has 7 heteroatoms. The SMILES string of the molecule is [BH]OP1(=O)O[B]O1. The van der Waals surface area contributed by atoms with Gasteiger partial charge in [-0.25, -0.2) is 4.57 Å². The molecule has 0 aromatic carbocycles. The van der Waals surface area contributed by atoms with Crippen molar-refractivity contribution < 1.29 is 17.9 Å². The van der Waals surface area contributed by atoms with E-state index < -0.39 is 7.82 Å². The van der Waals surface area contributed by atoms with Crippen molar-refractivity contribution in [2.24, 2.45) is 0 Å². The predicted molar refractivity (Wildman–Crippen MR) is 23.8 cm³/mol. The molecule has 4 nitrogen and oxygen atoms in total. The third-order valence-electron chi connectivity index (χ3n) is 0.502. The van der Waals surface area contributed by atoms with Gasteiger partial charge < -0.3 is 13.3 Å². The first-order valence-corrected chi connectivity index (χ1v) is 2.95. The lowest BCUT2D eigenvalue weighted by atomic mass is 10.4. The van der Waals surface area contributed by atoms with Gasteiger partial charge in [-0.15, -0.1) is 0 Å². The van der Waals surface area contributed by atoms with Crippen LogP contribution >= 0.6 is 7.82 Å². The third-order valence-corrected chi connectivity index (χ3v) is 1.51. The Kier molecular flexibility index (Phi) is 1.26. The average molecular weight is 118 g/mol. The minimum Gasteiger partial charge on any atom is -0.362 e. The fraction of sp³-hybridized carbons (Fsp3) is 0. The van der Waals surface area contributed by atoms with Crippen molar-refractivity contribution >= 4 is 23.6 Å². The van der Waals surface area contributed by atoms with Crippen LogP contribution in [0.4, 0.5) is 0 Å². The summed E-state index contributed by atoms with van der Waals surface area (Å²) in [6.45, 7) is 0. The Balaban J connectivity index is 2.45. The lowest BCUT2D eigenvalue weighted by Crippen LogP contribution is -2.15. The molecule has 0 aromatic heterocycles. The van der Waals surface area contributed by atoms with Crippen LogP contribution < -0.4 is 0 Å². The summed E-state index contributed by atoms with van der Waals surface area (Å²) in [5.74, 6) is 0. The maximum absolute atomic E-state index is 10.3. The first-order chi connectivity index (χ1) is 3.27. The molecule has 7 heavy (non-hydrogen) atoms. The minimum atomic E-state index is -3.14. The molecule has 0 bridgehead atoms. The number of rotatable bonds is 1. The maximum Gasteiger partial charge on any atom is 0.505 e. The van der Waals surface area contributed by atoms with Gasteiger partial charge in [0.05, 0.1) is 0 Å². The smallest absolute Gasteiger partial charge is 0.362 e. The molecule has 1 fully saturated rings. The second-order valence-electron chi connectivity index (χ2n) is 0.883. The van der Waals surface area contributed by atoms with Crippen LogP contribution in [0.25, 0.3) is 0 Å². The van der Waals surface area contributed by atoms with Gasteiger partial charge in [-0.2, -0.15) is 0 Å². The molecular formula is HB2O4P. The van der Waals surface area contributed by atoms with Gasteiger partial charge >= 0.3 is 15.5 Å². The summed E-state index contributed by atoms with van der Waals surface area (Å²) in [7, 11) is 0.642. The van der Waals surface area contributed by atoms with Gasteiger partial charge in [-0.1, -0.05) is 0 Å². The standard InChI is InChI=1S/B2HO4P/c1-4-7(3)5-2-6-7/h1H. The van der Waals surface area contributed by atoms with Crippen molar-refractivity contribution in [1.29, 1.82) is 0 Å². The fourth-order valence-corrected chi connectivity index (χ4v) is 0.522. The maximum atomic E-state index is 10.3. The van der Waals surface area contributed by atoms with Crippen molar-refractivity contribution in [3.8, 4) is 0 Å². The van der Waals surface area contributed by atoms with Gasteiger partial charge in [-0.05, 0) is 0 Å². The van der Waals surface area contributed by atoms with Gasteiger partial charge in [0.25, 0.3) is 8.05 Å². The lowest BCUT2D eigenvalue weighted by molar-refractivity contribution is 0.236. The van der Waals surface area contributed by atoms with Crippen LogP contribution in [-0.4, -0.2) is 15.7 Å². The zero-order valence-electron chi connectivity index (χ0n) is 3.36.